The van der Waals surface area contributed by atoms with Gasteiger partial charge in [0.25, 0.3) is 0 Å². The van der Waals surface area contributed by atoms with Crippen molar-refractivity contribution in [2.24, 2.45) is 0 Å². The van der Waals surface area contributed by atoms with Crippen LogP contribution in [0.2, 0.25) is 0 Å². The molecule has 1 heterocycles. The fourth-order valence-corrected chi connectivity index (χ4v) is 2.12. The molecule has 0 atom stereocenters. The van der Waals surface area contributed by atoms with E-state index in [0.717, 1.165) is 24.0 Å². The van der Waals surface area contributed by atoms with Crippen LogP contribution in [-0.4, -0.2) is 61.6 Å². The summed E-state index contributed by atoms with van der Waals surface area (Å²) in [5.74, 6) is -0.332. The minimum absolute atomic E-state index is 0.0424. The Morgan fingerprint density at radius 2 is 2.14 bits per heavy atom. The Balaban J connectivity index is 2.68. The Morgan fingerprint density at radius 1 is 1.48 bits per heavy atom. The van der Waals surface area contributed by atoms with Gasteiger partial charge in [0.2, 0.25) is 5.91 Å². The van der Waals surface area contributed by atoms with Crippen molar-refractivity contribution in [3.8, 4) is 0 Å². The van der Waals surface area contributed by atoms with Gasteiger partial charge in [-0.2, -0.15) is 0 Å². The molecule has 1 aliphatic heterocycles. The molecule has 5 heteroatoms. The Morgan fingerprint density at radius 3 is 2.62 bits per heavy atom. The van der Waals surface area contributed by atoms with Gasteiger partial charge < -0.3 is 14.1 Å². The highest BCUT2D eigenvalue weighted by molar-refractivity contribution is 5.91. The number of amides is 1. The van der Waals surface area contributed by atoms with E-state index in [0.29, 0.717) is 30.8 Å². The lowest BCUT2D eigenvalue weighted by Gasteiger charge is -2.27. The molecule has 1 rings (SSSR count). The fraction of sp³-hybridized carbons (Fsp3) is 0.625. The van der Waals surface area contributed by atoms with Gasteiger partial charge in [0.05, 0.1) is 31.9 Å². The summed E-state index contributed by atoms with van der Waals surface area (Å²) >= 11 is 0. The van der Waals surface area contributed by atoms with Crippen LogP contribution in [0.1, 0.15) is 26.7 Å². The molecule has 0 bridgehead atoms. The molecule has 21 heavy (non-hydrogen) atoms. The van der Waals surface area contributed by atoms with Crippen molar-refractivity contribution in [1.82, 2.24) is 4.90 Å². The predicted octanol–water partition coefficient (Wildman–Crippen LogP) is 1.71. The van der Waals surface area contributed by atoms with Gasteiger partial charge in [-0.1, -0.05) is 6.58 Å². The summed E-state index contributed by atoms with van der Waals surface area (Å²) in [6, 6.07) is 0. The van der Waals surface area contributed by atoms with E-state index in [2.05, 4.69) is 27.6 Å². The molecule has 0 unspecified atom stereocenters. The molecule has 0 saturated carbocycles. The van der Waals surface area contributed by atoms with Crippen LogP contribution in [0.15, 0.2) is 23.9 Å². The first-order valence-corrected chi connectivity index (χ1v) is 7.45. The molecule has 0 spiro atoms. The average Bonchev–Trinajstić information content (AvgIpc) is 2.85. The summed E-state index contributed by atoms with van der Waals surface area (Å²) < 4.78 is 6.12. The molecule has 0 aliphatic carbocycles. The zero-order chi connectivity index (χ0) is 16.0. The topological polar surface area (TPSA) is 46.6 Å². The Hall–Kier alpha value is -1.62. The molecule has 5 nitrogen and oxygen atoms in total. The lowest BCUT2D eigenvalue weighted by Crippen LogP contribution is -2.42. The number of allylic oxidation sites excluding steroid dienone is 1. The highest BCUT2D eigenvalue weighted by Gasteiger charge is 2.25. The molecular weight excluding hydrogens is 268 g/mol. The number of ether oxygens (including phenoxy) is 1. The number of likely N-dealkylation sites (tertiary alicyclic amines) is 1. The van der Waals surface area contributed by atoms with Crippen molar-refractivity contribution in [2.45, 2.75) is 26.7 Å². The third kappa shape index (κ3) is 4.70. The SMILES string of the molecule is C=CC(=C(C)C(=O)OCC[N+](C)(C)CC)N1CCCC1=O. The van der Waals surface area contributed by atoms with Crippen LogP contribution in [0.4, 0.5) is 0 Å². The summed E-state index contributed by atoms with van der Waals surface area (Å²) in [5.41, 5.74) is 1.02. The largest absolute Gasteiger partial charge is 0.456 e. The number of hydrogen-bond acceptors (Lipinski definition) is 3. The van der Waals surface area contributed by atoms with Gasteiger partial charge >= 0.3 is 5.97 Å². The van der Waals surface area contributed by atoms with Crippen molar-refractivity contribution in [3.63, 3.8) is 0 Å². The van der Waals surface area contributed by atoms with Crippen molar-refractivity contribution in [1.29, 1.82) is 0 Å². The van der Waals surface area contributed by atoms with Gasteiger partial charge in [-0.25, -0.2) is 4.79 Å². The molecule has 1 fully saturated rings. The van der Waals surface area contributed by atoms with E-state index in [4.69, 9.17) is 4.74 Å². The maximum atomic E-state index is 12.1. The van der Waals surface area contributed by atoms with Gasteiger partial charge in [0.1, 0.15) is 13.2 Å². The highest BCUT2D eigenvalue weighted by atomic mass is 16.5. The summed E-state index contributed by atoms with van der Waals surface area (Å²) in [6.45, 7) is 10.3. The Bertz CT molecular complexity index is 452. The smallest absolute Gasteiger partial charge is 0.336 e. The number of esters is 1. The van der Waals surface area contributed by atoms with Gasteiger partial charge in [-0.3, -0.25) is 4.79 Å². The van der Waals surface area contributed by atoms with Crippen LogP contribution in [-0.2, 0) is 14.3 Å². The normalized spacial score (nSPS) is 16.8. The van der Waals surface area contributed by atoms with Crippen LogP contribution in [0, 0.1) is 0 Å². The average molecular weight is 295 g/mol. The van der Waals surface area contributed by atoms with Crippen molar-refractivity contribution < 1.29 is 18.8 Å². The summed E-state index contributed by atoms with van der Waals surface area (Å²) in [5, 5.41) is 0. The van der Waals surface area contributed by atoms with Crippen LogP contribution < -0.4 is 0 Å². The van der Waals surface area contributed by atoms with E-state index in [1.807, 2.05) is 0 Å². The van der Waals surface area contributed by atoms with Gasteiger partial charge in [-0.05, 0) is 26.3 Å². The molecule has 0 radical (unpaired) electrons. The predicted molar refractivity (Wildman–Crippen MR) is 82.3 cm³/mol. The molecule has 1 aliphatic rings. The zero-order valence-corrected chi connectivity index (χ0v) is 13.6. The van der Waals surface area contributed by atoms with Crippen LogP contribution >= 0.6 is 0 Å². The number of likely N-dealkylation sites (N-methyl/N-ethyl adjacent to an activating group) is 1. The molecule has 0 aromatic carbocycles. The standard InChI is InChI=1S/C16H27N2O3/c1-6-14(17-10-8-9-15(17)19)13(3)16(20)21-12-11-18(4,5)7-2/h6H,1,7-12H2,2-5H3/q+1. The maximum absolute atomic E-state index is 12.1. The number of carbonyl (C=O) groups is 2. The van der Waals surface area contributed by atoms with Crippen molar-refractivity contribution in [3.05, 3.63) is 23.9 Å². The van der Waals surface area contributed by atoms with Crippen molar-refractivity contribution >= 4 is 11.9 Å². The highest BCUT2D eigenvalue weighted by Crippen LogP contribution is 2.20. The number of nitrogens with zero attached hydrogens (tertiary/aromatic N) is 2. The van der Waals surface area contributed by atoms with Crippen LogP contribution in [0.3, 0.4) is 0 Å². The monoisotopic (exact) mass is 295 g/mol. The zero-order valence-electron chi connectivity index (χ0n) is 13.6. The molecular formula is C16H27N2O3+. The third-order valence-electron chi connectivity index (χ3n) is 4.03. The first kappa shape index (κ1) is 17.4. The number of hydrogen-bond donors (Lipinski definition) is 0. The number of quaternary nitrogens is 1. The second-order valence-corrected chi connectivity index (χ2v) is 5.97. The maximum Gasteiger partial charge on any atom is 0.336 e. The second-order valence-electron chi connectivity index (χ2n) is 5.97. The Kier molecular flexibility index (Phi) is 6.15. The third-order valence-corrected chi connectivity index (χ3v) is 4.03. The molecule has 0 aromatic rings. The quantitative estimate of drug-likeness (QED) is 0.311. The van der Waals surface area contributed by atoms with Crippen LogP contribution in [0.25, 0.3) is 0 Å². The van der Waals surface area contributed by atoms with E-state index >= 15 is 0 Å². The first-order chi connectivity index (χ1) is 9.82. The summed E-state index contributed by atoms with van der Waals surface area (Å²) in [7, 11) is 4.18. The van der Waals surface area contributed by atoms with E-state index in [1.54, 1.807) is 17.9 Å². The van der Waals surface area contributed by atoms with Gasteiger partial charge in [0.15, 0.2) is 0 Å². The number of rotatable bonds is 7. The van der Waals surface area contributed by atoms with Crippen LogP contribution in [0.5, 0.6) is 0 Å². The second kappa shape index (κ2) is 7.41. The molecule has 0 aromatic heterocycles. The van der Waals surface area contributed by atoms with Gasteiger partial charge in [-0.15, -0.1) is 0 Å². The molecule has 1 saturated heterocycles. The molecule has 118 valence electrons. The molecule has 1 amide bonds. The van der Waals surface area contributed by atoms with E-state index in [1.165, 1.54) is 0 Å². The lowest BCUT2D eigenvalue weighted by atomic mass is 10.2. The molecule has 0 N–H and O–H groups in total. The lowest BCUT2D eigenvalue weighted by molar-refractivity contribution is -0.888. The summed E-state index contributed by atoms with van der Waals surface area (Å²) in [4.78, 5) is 25.5. The van der Waals surface area contributed by atoms with E-state index in [-0.39, 0.29) is 11.9 Å². The summed E-state index contributed by atoms with van der Waals surface area (Å²) in [6.07, 6.45) is 2.91. The number of carbonyl (C=O) groups excluding carboxylic acids is 2. The first-order valence-electron chi connectivity index (χ1n) is 7.45. The van der Waals surface area contributed by atoms with Gasteiger partial charge in [0, 0.05) is 13.0 Å². The van der Waals surface area contributed by atoms with E-state index < -0.39 is 0 Å². The fourth-order valence-electron chi connectivity index (χ4n) is 2.12. The van der Waals surface area contributed by atoms with Crippen molar-refractivity contribution in [2.75, 3.05) is 40.3 Å². The minimum atomic E-state index is -0.374. The van der Waals surface area contributed by atoms with E-state index in [9.17, 15) is 9.59 Å². The Labute approximate surface area is 127 Å². The minimum Gasteiger partial charge on any atom is -0.456 e.